The smallest absolute Gasteiger partial charge is 0.248 e. The zero-order chi connectivity index (χ0) is 12.6. The third kappa shape index (κ3) is 2.61. The summed E-state index contributed by atoms with van der Waals surface area (Å²) in [6.45, 7) is 0. The van der Waals surface area contributed by atoms with Crippen LogP contribution < -0.4 is 5.56 Å². The van der Waals surface area contributed by atoms with Crippen molar-refractivity contribution in [3.8, 4) is 11.1 Å². The Kier molecular flexibility index (Phi) is 3.69. The zero-order valence-electron chi connectivity index (χ0n) is 8.23. The van der Waals surface area contributed by atoms with E-state index >= 15 is 0 Å². The van der Waals surface area contributed by atoms with Gasteiger partial charge in [0, 0.05) is 17.8 Å². The number of H-pyrrole nitrogens is 1. The van der Waals surface area contributed by atoms with E-state index in [2.05, 4.69) is 4.98 Å². The molecule has 88 valence electrons. The van der Waals surface area contributed by atoms with Crippen molar-refractivity contribution in [2.24, 2.45) is 0 Å². The Labute approximate surface area is 117 Å². The molecule has 0 fully saturated rings. The first-order chi connectivity index (χ1) is 7.99. The Morgan fingerprint density at radius 1 is 0.882 bits per heavy atom. The molecule has 0 aliphatic carbocycles. The quantitative estimate of drug-likeness (QED) is 0.764. The molecule has 0 saturated carbocycles. The Morgan fingerprint density at radius 3 is 2.06 bits per heavy atom. The van der Waals surface area contributed by atoms with Crippen LogP contribution in [0.4, 0.5) is 0 Å². The van der Waals surface area contributed by atoms with E-state index in [0.29, 0.717) is 26.2 Å². The van der Waals surface area contributed by atoms with Crippen LogP contribution in [0.5, 0.6) is 0 Å². The van der Waals surface area contributed by atoms with Gasteiger partial charge in [-0.1, -0.05) is 46.4 Å². The highest BCUT2D eigenvalue weighted by molar-refractivity contribution is 6.48. The average Bonchev–Trinajstić information content (AvgIpc) is 2.28. The highest BCUT2D eigenvalue weighted by Gasteiger charge is 2.10. The van der Waals surface area contributed by atoms with Crippen LogP contribution in [0.15, 0.2) is 29.2 Å². The molecular formula is C11H5Cl4NO. The molecule has 2 aromatic rings. The molecule has 1 heterocycles. The monoisotopic (exact) mass is 307 g/mol. The van der Waals surface area contributed by atoms with Gasteiger partial charge in [-0.05, 0) is 17.7 Å². The van der Waals surface area contributed by atoms with Gasteiger partial charge in [-0.25, -0.2) is 0 Å². The molecule has 6 heteroatoms. The fourth-order valence-electron chi connectivity index (χ4n) is 1.39. The van der Waals surface area contributed by atoms with Gasteiger partial charge in [0.05, 0.1) is 20.1 Å². The molecule has 0 aliphatic rings. The first-order valence-electron chi connectivity index (χ1n) is 4.52. The molecule has 0 bridgehead atoms. The summed E-state index contributed by atoms with van der Waals surface area (Å²) in [4.78, 5) is 13.7. The van der Waals surface area contributed by atoms with Crippen LogP contribution in [0.1, 0.15) is 0 Å². The van der Waals surface area contributed by atoms with Crippen LogP contribution in [0.25, 0.3) is 11.1 Å². The average molecular weight is 309 g/mol. The number of hydrogen-bond acceptors (Lipinski definition) is 1. The molecule has 0 radical (unpaired) electrons. The van der Waals surface area contributed by atoms with E-state index in [-0.39, 0.29) is 10.6 Å². The summed E-state index contributed by atoms with van der Waals surface area (Å²) in [5.41, 5.74) is 0.933. The number of nitrogens with one attached hydrogen (secondary N) is 1. The van der Waals surface area contributed by atoms with Crippen molar-refractivity contribution in [2.75, 3.05) is 0 Å². The number of pyridine rings is 1. The van der Waals surface area contributed by atoms with E-state index < -0.39 is 0 Å². The van der Waals surface area contributed by atoms with E-state index in [9.17, 15) is 4.79 Å². The van der Waals surface area contributed by atoms with Crippen LogP contribution in [-0.2, 0) is 0 Å². The minimum Gasteiger partial charge on any atom is -0.328 e. The topological polar surface area (TPSA) is 32.9 Å². The molecular weight excluding hydrogens is 304 g/mol. The van der Waals surface area contributed by atoms with Crippen molar-refractivity contribution < 1.29 is 0 Å². The van der Waals surface area contributed by atoms with E-state index in [0.717, 1.165) is 0 Å². The zero-order valence-corrected chi connectivity index (χ0v) is 11.3. The van der Waals surface area contributed by atoms with E-state index in [1.165, 1.54) is 12.3 Å². The summed E-state index contributed by atoms with van der Waals surface area (Å²) < 4.78 is 0. The van der Waals surface area contributed by atoms with Gasteiger partial charge in [0.1, 0.15) is 0 Å². The molecule has 17 heavy (non-hydrogen) atoms. The summed E-state index contributed by atoms with van der Waals surface area (Å²) in [7, 11) is 0. The van der Waals surface area contributed by atoms with Crippen LogP contribution in [-0.4, -0.2) is 4.98 Å². The molecule has 0 saturated heterocycles. The molecule has 0 aliphatic heterocycles. The number of hydrogen-bond donors (Lipinski definition) is 1. The maximum absolute atomic E-state index is 11.2. The highest BCUT2D eigenvalue weighted by atomic mass is 35.5. The Bertz CT molecular complexity index is 613. The Hall–Kier alpha value is -0.670. The Morgan fingerprint density at radius 2 is 1.47 bits per heavy atom. The second-order valence-corrected chi connectivity index (χ2v) is 4.91. The summed E-state index contributed by atoms with van der Waals surface area (Å²) in [5, 5.41) is 1.30. The van der Waals surface area contributed by atoms with Crippen molar-refractivity contribution in [3.05, 3.63) is 54.8 Å². The third-order valence-electron chi connectivity index (χ3n) is 2.17. The largest absolute Gasteiger partial charge is 0.328 e. The van der Waals surface area contributed by atoms with Gasteiger partial charge >= 0.3 is 0 Å². The molecule has 1 N–H and O–H groups in total. The molecule has 1 aromatic heterocycles. The van der Waals surface area contributed by atoms with Crippen LogP contribution in [0, 0.1) is 0 Å². The lowest BCUT2D eigenvalue weighted by molar-refractivity contribution is 1.24. The van der Waals surface area contributed by atoms with Crippen LogP contribution in [0.3, 0.4) is 0 Å². The lowest BCUT2D eigenvalue weighted by Gasteiger charge is -2.06. The third-order valence-corrected chi connectivity index (χ3v) is 3.68. The molecule has 2 nitrogen and oxygen atoms in total. The van der Waals surface area contributed by atoms with Gasteiger partial charge in [-0.2, -0.15) is 0 Å². The fraction of sp³-hybridized carbons (Fsp3) is 0. The van der Waals surface area contributed by atoms with Gasteiger partial charge in [-0.15, -0.1) is 0 Å². The SMILES string of the molecule is O=c1cc(-c2cc(Cl)c(Cl)c(Cl)c2)c(Cl)c[nH]1. The second kappa shape index (κ2) is 4.91. The maximum Gasteiger partial charge on any atom is 0.248 e. The minimum absolute atomic E-state index is 0.258. The van der Waals surface area contributed by atoms with E-state index in [4.69, 9.17) is 46.4 Å². The van der Waals surface area contributed by atoms with Gasteiger partial charge in [-0.3, -0.25) is 4.79 Å². The number of benzene rings is 1. The lowest BCUT2D eigenvalue weighted by atomic mass is 10.1. The Balaban J connectivity index is 2.69. The first kappa shape index (κ1) is 12.8. The molecule has 0 amide bonds. The standard InChI is InChI=1S/C11H5Cl4NO/c12-7-1-5(2-8(13)11(7)15)6-3-10(17)16-4-9(6)14/h1-4H,(H,16,17). The van der Waals surface area contributed by atoms with Gasteiger partial charge < -0.3 is 4.98 Å². The minimum atomic E-state index is -0.258. The normalized spacial score (nSPS) is 10.6. The van der Waals surface area contributed by atoms with Crippen molar-refractivity contribution in [2.45, 2.75) is 0 Å². The number of halogens is 4. The molecule has 2 rings (SSSR count). The summed E-state index contributed by atoms with van der Waals surface area (Å²) in [6, 6.07) is 4.59. The molecule has 0 spiro atoms. The van der Waals surface area contributed by atoms with Crippen molar-refractivity contribution in [1.29, 1.82) is 0 Å². The van der Waals surface area contributed by atoms with E-state index in [1.807, 2.05) is 0 Å². The maximum atomic E-state index is 11.2. The van der Waals surface area contributed by atoms with Crippen molar-refractivity contribution in [1.82, 2.24) is 4.98 Å². The number of aromatic amines is 1. The lowest BCUT2D eigenvalue weighted by Crippen LogP contribution is -2.03. The van der Waals surface area contributed by atoms with Crippen molar-refractivity contribution in [3.63, 3.8) is 0 Å². The summed E-state index contributed by atoms with van der Waals surface area (Å²) in [5.74, 6) is 0. The second-order valence-electron chi connectivity index (χ2n) is 3.31. The molecule has 0 atom stereocenters. The van der Waals surface area contributed by atoms with Gasteiger partial charge in [0.25, 0.3) is 0 Å². The van der Waals surface area contributed by atoms with Gasteiger partial charge in [0.15, 0.2) is 0 Å². The van der Waals surface area contributed by atoms with Crippen LogP contribution >= 0.6 is 46.4 Å². The predicted molar refractivity (Wildman–Crippen MR) is 72.5 cm³/mol. The fourth-order valence-corrected chi connectivity index (χ4v) is 2.20. The van der Waals surface area contributed by atoms with Crippen LogP contribution in [0.2, 0.25) is 20.1 Å². The highest BCUT2D eigenvalue weighted by Crippen LogP contribution is 2.36. The molecule has 1 aromatic carbocycles. The molecule has 0 unspecified atom stereocenters. The summed E-state index contributed by atoms with van der Waals surface area (Å²) >= 11 is 23.7. The predicted octanol–water partition coefficient (Wildman–Crippen LogP) is 4.66. The van der Waals surface area contributed by atoms with E-state index in [1.54, 1.807) is 12.1 Å². The summed E-state index contributed by atoms with van der Waals surface area (Å²) in [6.07, 6.45) is 1.41. The van der Waals surface area contributed by atoms with Crippen molar-refractivity contribution >= 4 is 46.4 Å². The first-order valence-corrected chi connectivity index (χ1v) is 6.03. The number of rotatable bonds is 1. The number of aromatic nitrogens is 1. The van der Waals surface area contributed by atoms with Gasteiger partial charge in [0.2, 0.25) is 5.56 Å².